The van der Waals surface area contributed by atoms with Crippen molar-refractivity contribution < 1.29 is 13.9 Å². The van der Waals surface area contributed by atoms with Gasteiger partial charge in [-0.1, -0.05) is 25.1 Å². The smallest absolute Gasteiger partial charge is 0.273 e. The van der Waals surface area contributed by atoms with Crippen molar-refractivity contribution in [3.05, 3.63) is 48.2 Å². The minimum Gasteiger partial charge on any atom is -0.445 e. The number of thioether (sulfide) groups is 1. The highest BCUT2D eigenvalue weighted by atomic mass is 32.2. The number of hydrogen-bond acceptors (Lipinski definition) is 5. The minimum absolute atomic E-state index is 0.144. The number of amides is 1. The summed E-state index contributed by atoms with van der Waals surface area (Å²) in [7, 11) is 0. The molecule has 0 saturated carbocycles. The average Bonchev–Trinajstić information content (AvgIpc) is 3.24. The molecule has 3 rings (SSSR count). The number of carbonyl (C=O) groups is 1. The summed E-state index contributed by atoms with van der Waals surface area (Å²) in [6.07, 6.45) is 3.02. The molecule has 1 amide bonds. The number of nitrogens with zero attached hydrogens (tertiary/aromatic N) is 1. The zero-order chi connectivity index (χ0) is 16.1. The van der Waals surface area contributed by atoms with Crippen molar-refractivity contribution in [3.8, 4) is 0 Å². The van der Waals surface area contributed by atoms with Crippen molar-refractivity contribution in [1.82, 2.24) is 10.3 Å². The van der Waals surface area contributed by atoms with E-state index in [1.165, 1.54) is 11.3 Å². The molecular formula is C17H20N2O3S. The van der Waals surface area contributed by atoms with Crippen molar-refractivity contribution in [2.24, 2.45) is 0 Å². The number of hydrogen-bond donors (Lipinski definition) is 1. The predicted octanol–water partition coefficient (Wildman–Crippen LogP) is 3.44. The molecule has 1 aromatic heterocycles. The van der Waals surface area contributed by atoms with E-state index in [0.29, 0.717) is 24.6 Å². The molecule has 1 aromatic carbocycles. The lowest BCUT2D eigenvalue weighted by Crippen LogP contribution is -2.30. The van der Waals surface area contributed by atoms with E-state index in [-0.39, 0.29) is 17.3 Å². The first kappa shape index (κ1) is 16.1. The van der Waals surface area contributed by atoms with Gasteiger partial charge in [0.25, 0.3) is 5.91 Å². The second-order valence-electron chi connectivity index (χ2n) is 5.52. The van der Waals surface area contributed by atoms with Gasteiger partial charge < -0.3 is 14.5 Å². The number of nitrogens with one attached hydrogen (secondary N) is 1. The van der Waals surface area contributed by atoms with Gasteiger partial charge in [0.1, 0.15) is 6.10 Å². The average molecular weight is 332 g/mol. The van der Waals surface area contributed by atoms with Crippen LogP contribution in [0.5, 0.6) is 0 Å². The normalized spacial score (nSPS) is 18.7. The second-order valence-corrected chi connectivity index (χ2v) is 7.03. The molecule has 2 atom stereocenters. The van der Waals surface area contributed by atoms with Crippen molar-refractivity contribution in [1.29, 1.82) is 0 Å². The summed E-state index contributed by atoms with van der Waals surface area (Å²) in [6, 6.07) is 10.1. The number of oxazole rings is 1. The van der Waals surface area contributed by atoms with Gasteiger partial charge in [-0.3, -0.25) is 4.79 Å². The van der Waals surface area contributed by atoms with Crippen LogP contribution in [0.15, 0.2) is 46.0 Å². The fourth-order valence-corrected chi connectivity index (χ4v) is 3.48. The monoisotopic (exact) mass is 332 g/mol. The molecule has 0 bridgehead atoms. The van der Waals surface area contributed by atoms with Gasteiger partial charge in [0.2, 0.25) is 0 Å². The summed E-state index contributed by atoms with van der Waals surface area (Å²) in [4.78, 5) is 17.6. The van der Waals surface area contributed by atoms with Crippen LogP contribution in [-0.4, -0.2) is 29.3 Å². The summed E-state index contributed by atoms with van der Waals surface area (Å²) < 4.78 is 10.9. The lowest BCUT2D eigenvalue weighted by molar-refractivity contribution is 0.0862. The zero-order valence-corrected chi connectivity index (χ0v) is 13.8. The molecule has 1 aliphatic rings. The molecule has 0 aliphatic carbocycles. The number of carbonyl (C=O) groups excluding carboxylic acids is 1. The van der Waals surface area contributed by atoms with E-state index in [1.54, 1.807) is 11.8 Å². The SMILES string of the molecule is C[C@H](CNC(=O)c1ncoc1[C@H]1CCCO1)Sc1ccccc1. The Hall–Kier alpha value is -1.79. The zero-order valence-electron chi connectivity index (χ0n) is 13.0. The van der Waals surface area contributed by atoms with Gasteiger partial charge in [-0.2, -0.15) is 0 Å². The van der Waals surface area contributed by atoms with E-state index in [4.69, 9.17) is 9.15 Å². The fourth-order valence-electron chi connectivity index (χ4n) is 2.53. The molecule has 5 nitrogen and oxygen atoms in total. The molecular weight excluding hydrogens is 312 g/mol. The van der Waals surface area contributed by atoms with Gasteiger partial charge in [-0.05, 0) is 25.0 Å². The Morgan fingerprint density at radius 1 is 1.43 bits per heavy atom. The predicted molar refractivity (Wildman–Crippen MR) is 88.5 cm³/mol. The highest BCUT2D eigenvalue weighted by Gasteiger charge is 2.27. The molecule has 0 radical (unpaired) electrons. The Labute approximate surface area is 139 Å². The summed E-state index contributed by atoms with van der Waals surface area (Å²) in [5.74, 6) is 0.341. The fraction of sp³-hybridized carbons (Fsp3) is 0.412. The topological polar surface area (TPSA) is 64.4 Å². The quantitative estimate of drug-likeness (QED) is 0.821. The first-order valence-corrected chi connectivity index (χ1v) is 8.67. The van der Waals surface area contributed by atoms with Crippen molar-refractivity contribution in [2.45, 2.75) is 36.0 Å². The number of rotatable bonds is 6. The first-order valence-electron chi connectivity index (χ1n) is 7.79. The van der Waals surface area contributed by atoms with Crippen LogP contribution in [0.1, 0.15) is 42.1 Å². The molecule has 0 unspecified atom stereocenters. The van der Waals surface area contributed by atoms with Gasteiger partial charge in [-0.15, -0.1) is 11.8 Å². The highest BCUT2D eigenvalue weighted by Crippen LogP contribution is 2.30. The van der Waals surface area contributed by atoms with Crippen LogP contribution in [0.2, 0.25) is 0 Å². The van der Waals surface area contributed by atoms with Crippen molar-refractivity contribution in [3.63, 3.8) is 0 Å². The maximum absolute atomic E-state index is 12.3. The van der Waals surface area contributed by atoms with Gasteiger partial charge >= 0.3 is 0 Å². The molecule has 2 aromatic rings. The van der Waals surface area contributed by atoms with Gasteiger partial charge in [-0.25, -0.2) is 4.98 Å². The van der Waals surface area contributed by atoms with E-state index >= 15 is 0 Å². The van der Waals surface area contributed by atoms with Gasteiger partial charge in [0.05, 0.1) is 0 Å². The van der Waals surface area contributed by atoms with Gasteiger partial charge in [0.15, 0.2) is 17.8 Å². The van der Waals surface area contributed by atoms with E-state index < -0.39 is 0 Å². The first-order chi connectivity index (χ1) is 11.2. The standard InChI is InChI=1S/C17H20N2O3S/c1-12(23-13-6-3-2-4-7-13)10-18-17(20)15-16(22-11-19-15)14-8-5-9-21-14/h2-4,6-7,11-12,14H,5,8-10H2,1H3,(H,18,20)/t12-,14-/m1/s1. The maximum atomic E-state index is 12.3. The molecule has 2 heterocycles. The van der Waals surface area contributed by atoms with Crippen LogP contribution in [0.4, 0.5) is 0 Å². The third kappa shape index (κ3) is 4.14. The molecule has 1 N–H and O–H groups in total. The summed E-state index contributed by atoms with van der Waals surface area (Å²) in [6.45, 7) is 3.36. The van der Waals surface area contributed by atoms with Crippen LogP contribution in [-0.2, 0) is 4.74 Å². The Morgan fingerprint density at radius 2 is 2.26 bits per heavy atom. The number of aromatic nitrogens is 1. The summed E-state index contributed by atoms with van der Waals surface area (Å²) in [5.41, 5.74) is 0.341. The molecule has 23 heavy (non-hydrogen) atoms. The Bertz CT molecular complexity index is 638. The van der Waals surface area contributed by atoms with Crippen LogP contribution in [0, 0.1) is 0 Å². The highest BCUT2D eigenvalue weighted by molar-refractivity contribution is 8.00. The van der Waals surface area contributed by atoms with Crippen molar-refractivity contribution in [2.75, 3.05) is 13.2 Å². The largest absolute Gasteiger partial charge is 0.445 e. The molecule has 0 spiro atoms. The molecule has 6 heteroatoms. The summed E-state index contributed by atoms with van der Waals surface area (Å²) in [5, 5.41) is 3.19. The van der Waals surface area contributed by atoms with E-state index in [9.17, 15) is 4.79 Å². The Kier molecular flexibility index (Phi) is 5.35. The number of benzene rings is 1. The van der Waals surface area contributed by atoms with Crippen LogP contribution < -0.4 is 5.32 Å². The van der Waals surface area contributed by atoms with E-state index in [0.717, 1.165) is 12.8 Å². The second kappa shape index (κ2) is 7.66. The van der Waals surface area contributed by atoms with Crippen molar-refractivity contribution >= 4 is 17.7 Å². The molecule has 122 valence electrons. The third-order valence-electron chi connectivity index (χ3n) is 3.66. The van der Waals surface area contributed by atoms with Crippen LogP contribution in [0.25, 0.3) is 0 Å². The molecule has 1 saturated heterocycles. The minimum atomic E-state index is -0.204. The maximum Gasteiger partial charge on any atom is 0.273 e. The van der Waals surface area contributed by atoms with Crippen LogP contribution in [0.3, 0.4) is 0 Å². The molecule has 1 aliphatic heterocycles. The van der Waals surface area contributed by atoms with Crippen LogP contribution >= 0.6 is 11.8 Å². The Balaban J connectivity index is 1.54. The lowest BCUT2D eigenvalue weighted by Gasteiger charge is -2.13. The van der Waals surface area contributed by atoms with E-state index in [2.05, 4.69) is 29.4 Å². The summed E-state index contributed by atoms with van der Waals surface area (Å²) >= 11 is 1.73. The van der Waals surface area contributed by atoms with Gasteiger partial charge in [0, 0.05) is 23.3 Å². The lowest BCUT2D eigenvalue weighted by atomic mass is 10.1. The van der Waals surface area contributed by atoms with E-state index in [1.807, 2.05) is 18.2 Å². The molecule has 1 fully saturated rings. The Morgan fingerprint density at radius 3 is 3.00 bits per heavy atom. The number of ether oxygens (including phenoxy) is 1. The third-order valence-corrected chi connectivity index (χ3v) is 4.78.